The third-order valence-electron chi connectivity index (χ3n) is 5.54. The monoisotopic (exact) mass is 475 g/mol. The lowest BCUT2D eigenvalue weighted by atomic mass is 9.86. The highest BCUT2D eigenvalue weighted by atomic mass is 32.2. The highest BCUT2D eigenvalue weighted by Crippen LogP contribution is 2.30. The predicted molar refractivity (Wildman–Crippen MR) is 124 cm³/mol. The first-order valence-corrected chi connectivity index (χ1v) is 12.4. The quantitative estimate of drug-likeness (QED) is 0.319. The summed E-state index contributed by atoms with van der Waals surface area (Å²) in [5, 5.41) is 14.6. The minimum Gasteiger partial charge on any atom is -0.463 e. The molecule has 2 N–H and O–H groups in total. The van der Waals surface area contributed by atoms with Crippen LogP contribution in [-0.4, -0.2) is 31.5 Å². The Morgan fingerprint density at radius 1 is 1.12 bits per heavy atom. The van der Waals surface area contributed by atoms with Gasteiger partial charge in [-0.2, -0.15) is 0 Å². The van der Waals surface area contributed by atoms with Crippen molar-refractivity contribution < 1.29 is 22.9 Å². The van der Waals surface area contributed by atoms with Crippen LogP contribution in [0.15, 0.2) is 53.4 Å². The summed E-state index contributed by atoms with van der Waals surface area (Å²) in [5.41, 5.74) is 0.874. The van der Waals surface area contributed by atoms with Crippen LogP contribution in [0.4, 0.5) is 11.4 Å². The van der Waals surface area contributed by atoms with Crippen molar-refractivity contribution in [2.24, 2.45) is 5.92 Å². The minimum absolute atomic E-state index is 0.166. The molecule has 0 radical (unpaired) electrons. The Hall–Kier alpha value is -2.98. The molecule has 0 atom stereocenters. The van der Waals surface area contributed by atoms with Crippen LogP contribution in [0.25, 0.3) is 0 Å². The highest BCUT2D eigenvalue weighted by molar-refractivity contribution is 7.89. The number of ether oxygens (including phenoxy) is 1. The molecule has 0 spiro atoms. The van der Waals surface area contributed by atoms with Gasteiger partial charge in [-0.05, 0) is 57.2 Å². The van der Waals surface area contributed by atoms with Crippen molar-refractivity contribution in [2.45, 2.75) is 63.1 Å². The molecule has 0 saturated heterocycles. The van der Waals surface area contributed by atoms with Gasteiger partial charge < -0.3 is 10.1 Å². The van der Waals surface area contributed by atoms with E-state index in [1.165, 1.54) is 12.1 Å². The number of nitrogens with zero attached hydrogens (tertiary/aromatic N) is 1. The third-order valence-corrected chi connectivity index (χ3v) is 7.05. The summed E-state index contributed by atoms with van der Waals surface area (Å²) in [4.78, 5) is 22.9. The molecule has 33 heavy (non-hydrogen) atoms. The zero-order valence-corrected chi connectivity index (χ0v) is 19.5. The molecule has 1 aliphatic carbocycles. The molecular weight excluding hydrogens is 446 g/mol. The van der Waals surface area contributed by atoms with Crippen LogP contribution in [0.1, 0.15) is 45.1 Å². The summed E-state index contributed by atoms with van der Waals surface area (Å²) in [7, 11) is -3.95. The molecule has 0 amide bonds. The van der Waals surface area contributed by atoms with E-state index in [9.17, 15) is 23.3 Å². The molecule has 0 aliphatic heterocycles. The van der Waals surface area contributed by atoms with E-state index in [0.29, 0.717) is 32.2 Å². The van der Waals surface area contributed by atoms with Gasteiger partial charge in [-0.3, -0.25) is 14.9 Å². The number of carbonyl (C=O) groups excluding carboxylic acids is 1. The summed E-state index contributed by atoms with van der Waals surface area (Å²) in [6.07, 6.45) is 1.86. The van der Waals surface area contributed by atoms with Gasteiger partial charge in [0.1, 0.15) is 5.69 Å². The van der Waals surface area contributed by atoms with Gasteiger partial charge in [0, 0.05) is 18.7 Å². The second-order valence-electron chi connectivity index (χ2n) is 8.43. The fraction of sp³-hybridized carbons (Fsp3) is 0.435. The lowest BCUT2D eigenvalue weighted by Gasteiger charge is -2.28. The van der Waals surface area contributed by atoms with Crippen molar-refractivity contribution in [3.63, 3.8) is 0 Å². The topological polar surface area (TPSA) is 128 Å². The standard InChI is InChI=1S/C23H29N3O6S/c1-16(2)32-23(27)18-8-10-19(11-9-18)25-33(30,31)20-12-13-21(22(14-20)26(28)29)24-15-17-6-4-3-5-7-17/h3-7,12-14,16,18-19,24-25H,8-11,15H2,1-2H3/t18-,19-. The summed E-state index contributed by atoms with van der Waals surface area (Å²) in [6, 6.07) is 12.9. The molecule has 1 aliphatic rings. The van der Waals surface area contributed by atoms with Gasteiger partial charge in [0.15, 0.2) is 0 Å². The smallest absolute Gasteiger partial charge is 0.309 e. The Kier molecular flexibility index (Phi) is 8.04. The van der Waals surface area contributed by atoms with Crippen molar-refractivity contribution in [1.29, 1.82) is 0 Å². The van der Waals surface area contributed by atoms with E-state index in [1.807, 2.05) is 30.3 Å². The number of benzene rings is 2. The first-order chi connectivity index (χ1) is 15.7. The second kappa shape index (κ2) is 10.8. The molecule has 3 rings (SSSR count). The number of carbonyl (C=O) groups is 1. The fourth-order valence-electron chi connectivity index (χ4n) is 3.84. The van der Waals surface area contributed by atoms with E-state index >= 15 is 0 Å². The van der Waals surface area contributed by atoms with E-state index in [-0.39, 0.29) is 40.3 Å². The molecule has 2 aromatic rings. The normalized spacial score (nSPS) is 18.6. The van der Waals surface area contributed by atoms with Crippen LogP contribution < -0.4 is 10.0 Å². The maximum Gasteiger partial charge on any atom is 0.309 e. The van der Waals surface area contributed by atoms with Gasteiger partial charge in [0.2, 0.25) is 10.0 Å². The van der Waals surface area contributed by atoms with Crippen LogP contribution >= 0.6 is 0 Å². The molecule has 0 aromatic heterocycles. The summed E-state index contributed by atoms with van der Waals surface area (Å²) < 4.78 is 33.6. The van der Waals surface area contributed by atoms with Gasteiger partial charge in [0.25, 0.3) is 5.69 Å². The highest BCUT2D eigenvalue weighted by Gasteiger charge is 2.31. The van der Waals surface area contributed by atoms with E-state index in [4.69, 9.17) is 4.74 Å². The first kappa shape index (κ1) is 24.7. The molecule has 9 nitrogen and oxygen atoms in total. The van der Waals surface area contributed by atoms with Crippen molar-refractivity contribution >= 4 is 27.4 Å². The Morgan fingerprint density at radius 2 is 1.79 bits per heavy atom. The van der Waals surface area contributed by atoms with Crippen molar-refractivity contribution in [3.8, 4) is 0 Å². The van der Waals surface area contributed by atoms with Crippen LogP contribution in [0, 0.1) is 16.0 Å². The Labute approximate surface area is 193 Å². The number of nitrogens with one attached hydrogen (secondary N) is 2. The number of hydrogen-bond donors (Lipinski definition) is 2. The summed E-state index contributed by atoms with van der Waals surface area (Å²) in [5.74, 6) is -0.482. The zero-order valence-electron chi connectivity index (χ0n) is 18.7. The number of anilines is 1. The number of sulfonamides is 1. The van der Waals surface area contributed by atoms with Gasteiger partial charge in [-0.1, -0.05) is 30.3 Å². The van der Waals surface area contributed by atoms with Gasteiger partial charge in [-0.25, -0.2) is 13.1 Å². The van der Waals surface area contributed by atoms with Crippen molar-refractivity contribution in [1.82, 2.24) is 4.72 Å². The number of rotatable bonds is 9. The SMILES string of the molecule is CC(C)OC(=O)[C@H]1CC[C@H](NS(=O)(=O)c2ccc(NCc3ccccc3)c([N+](=O)[O-])c2)CC1. The number of esters is 1. The van der Waals surface area contributed by atoms with Crippen molar-refractivity contribution in [2.75, 3.05) is 5.32 Å². The summed E-state index contributed by atoms with van der Waals surface area (Å²) in [6.45, 7) is 3.95. The fourth-order valence-corrected chi connectivity index (χ4v) is 5.16. The number of hydrogen-bond acceptors (Lipinski definition) is 7. The van der Waals surface area contributed by atoms with Crippen LogP contribution in [0.5, 0.6) is 0 Å². The maximum absolute atomic E-state index is 12.9. The van der Waals surface area contributed by atoms with Crippen LogP contribution in [0.3, 0.4) is 0 Å². The maximum atomic E-state index is 12.9. The van der Waals surface area contributed by atoms with E-state index in [2.05, 4.69) is 10.0 Å². The molecule has 0 heterocycles. The number of nitro groups is 1. The number of nitro benzene ring substituents is 1. The summed E-state index contributed by atoms with van der Waals surface area (Å²) >= 11 is 0. The van der Waals surface area contributed by atoms with Crippen LogP contribution in [0.2, 0.25) is 0 Å². The zero-order chi connectivity index (χ0) is 24.0. The molecular formula is C23H29N3O6S. The average Bonchev–Trinajstić information content (AvgIpc) is 2.78. The Morgan fingerprint density at radius 3 is 2.39 bits per heavy atom. The predicted octanol–water partition coefficient (Wildman–Crippen LogP) is 4.00. The Bertz CT molecular complexity index is 1080. The van der Waals surface area contributed by atoms with Gasteiger partial charge in [0.05, 0.1) is 21.8 Å². The van der Waals surface area contributed by atoms with E-state index < -0.39 is 14.9 Å². The molecule has 1 saturated carbocycles. The second-order valence-corrected chi connectivity index (χ2v) is 10.1. The van der Waals surface area contributed by atoms with E-state index in [0.717, 1.165) is 11.6 Å². The molecule has 0 bridgehead atoms. The van der Waals surface area contributed by atoms with Gasteiger partial charge in [-0.15, -0.1) is 0 Å². The Balaban J connectivity index is 1.66. The molecule has 1 fully saturated rings. The van der Waals surface area contributed by atoms with E-state index in [1.54, 1.807) is 13.8 Å². The average molecular weight is 476 g/mol. The van der Waals surface area contributed by atoms with Gasteiger partial charge >= 0.3 is 5.97 Å². The lowest BCUT2D eigenvalue weighted by Crippen LogP contribution is -2.39. The van der Waals surface area contributed by atoms with Crippen molar-refractivity contribution in [3.05, 3.63) is 64.2 Å². The molecule has 2 aromatic carbocycles. The molecule has 10 heteroatoms. The lowest BCUT2D eigenvalue weighted by molar-refractivity contribution is -0.384. The molecule has 0 unspecified atom stereocenters. The molecule has 178 valence electrons. The first-order valence-electron chi connectivity index (χ1n) is 10.9. The largest absolute Gasteiger partial charge is 0.463 e. The third kappa shape index (κ3) is 6.75. The van der Waals surface area contributed by atoms with Crippen LogP contribution in [-0.2, 0) is 26.1 Å². The minimum atomic E-state index is -3.95.